The maximum atomic E-state index is 10.3. The summed E-state index contributed by atoms with van der Waals surface area (Å²) < 4.78 is 1.89. The Bertz CT molecular complexity index is 1300. The van der Waals surface area contributed by atoms with Crippen LogP contribution in [-0.2, 0) is 5.60 Å². The molecule has 178 valence electrons. The average Bonchev–Trinajstić information content (AvgIpc) is 3.23. The van der Waals surface area contributed by atoms with Crippen molar-refractivity contribution in [1.29, 1.82) is 0 Å². The van der Waals surface area contributed by atoms with Crippen LogP contribution in [0.25, 0.3) is 16.9 Å². The fraction of sp³-hybridized carbons (Fsp3) is 0.292. The topological polar surface area (TPSA) is 91.1 Å². The summed E-state index contributed by atoms with van der Waals surface area (Å²) in [4.78, 5) is 16.1. The highest BCUT2D eigenvalue weighted by Gasteiger charge is 2.19. The molecule has 4 aromatic rings. The van der Waals surface area contributed by atoms with E-state index >= 15 is 0 Å². The minimum Gasteiger partial charge on any atom is -0.384 e. The summed E-state index contributed by atoms with van der Waals surface area (Å²) in [6.45, 7) is 7.22. The van der Waals surface area contributed by atoms with Gasteiger partial charge in [-0.05, 0) is 50.2 Å². The van der Waals surface area contributed by atoms with Gasteiger partial charge in [0, 0.05) is 49.6 Å². The van der Waals surface area contributed by atoms with Crippen LogP contribution >= 0.6 is 24.0 Å². The van der Waals surface area contributed by atoms with Crippen LogP contribution in [0.4, 0.5) is 17.3 Å². The number of anilines is 3. The molecule has 0 amide bonds. The van der Waals surface area contributed by atoms with Crippen LogP contribution < -0.4 is 15.5 Å². The van der Waals surface area contributed by atoms with E-state index < -0.39 is 5.60 Å². The van der Waals surface area contributed by atoms with Crippen molar-refractivity contribution in [2.75, 3.05) is 36.4 Å². The summed E-state index contributed by atoms with van der Waals surface area (Å²) in [5.74, 6) is 1.14. The zero-order chi connectivity index (χ0) is 23.0. The molecule has 1 aliphatic rings. The average molecular weight is 500 g/mol. The Hall–Kier alpha value is -2.91. The molecule has 0 atom stereocenters. The summed E-state index contributed by atoms with van der Waals surface area (Å²) in [6.07, 6.45) is 3.68. The molecule has 4 heterocycles. The molecule has 0 saturated carbocycles. The van der Waals surface area contributed by atoms with Gasteiger partial charge in [0.2, 0.25) is 5.95 Å². The molecule has 0 spiro atoms. The van der Waals surface area contributed by atoms with E-state index in [9.17, 15) is 5.11 Å². The van der Waals surface area contributed by atoms with E-state index in [1.54, 1.807) is 20.0 Å². The lowest BCUT2D eigenvalue weighted by Crippen LogP contribution is -2.43. The second kappa shape index (κ2) is 9.76. The Balaban J connectivity index is 0.00000274. The lowest BCUT2D eigenvalue weighted by molar-refractivity contribution is 0.0738. The minimum atomic E-state index is -1.03. The summed E-state index contributed by atoms with van der Waals surface area (Å²) in [5, 5.41) is 18.5. The molecule has 1 aliphatic heterocycles. The van der Waals surface area contributed by atoms with Crippen LogP contribution in [-0.4, -0.2) is 50.8 Å². The Labute approximate surface area is 209 Å². The zero-order valence-corrected chi connectivity index (χ0v) is 20.6. The molecule has 10 heteroatoms. The fourth-order valence-electron chi connectivity index (χ4n) is 3.94. The van der Waals surface area contributed by atoms with Crippen molar-refractivity contribution >= 4 is 52.4 Å². The van der Waals surface area contributed by atoms with Crippen LogP contribution in [0.1, 0.15) is 19.5 Å². The van der Waals surface area contributed by atoms with Crippen LogP contribution in [0, 0.1) is 0 Å². The van der Waals surface area contributed by atoms with Crippen molar-refractivity contribution in [1.82, 2.24) is 24.8 Å². The number of rotatable bonds is 5. The van der Waals surface area contributed by atoms with E-state index in [0.29, 0.717) is 22.5 Å². The normalized spacial score (nSPS) is 14.2. The van der Waals surface area contributed by atoms with Gasteiger partial charge in [0.1, 0.15) is 11.4 Å². The summed E-state index contributed by atoms with van der Waals surface area (Å²) >= 11 is 6.59. The summed E-state index contributed by atoms with van der Waals surface area (Å²) in [5.41, 5.74) is 2.13. The van der Waals surface area contributed by atoms with Crippen molar-refractivity contribution < 1.29 is 5.11 Å². The van der Waals surface area contributed by atoms with E-state index in [1.807, 2.05) is 53.2 Å². The van der Waals surface area contributed by atoms with Gasteiger partial charge in [-0.25, -0.2) is 9.97 Å². The smallest absolute Gasteiger partial charge is 0.229 e. The van der Waals surface area contributed by atoms with Crippen LogP contribution in [0.15, 0.2) is 54.9 Å². The van der Waals surface area contributed by atoms with Crippen molar-refractivity contribution in [2.45, 2.75) is 19.4 Å². The SMILES string of the molecule is CC(C)(O)c1cccc(-n2ccc3cnc(Nc4ccc(N5CCNCC5)c(Cl)c4)nc32)n1.Cl. The molecule has 34 heavy (non-hydrogen) atoms. The van der Waals surface area contributed by atoms with Gasteiger partial charge < -0.3 is 20.6 Å². The lowest BCUT2D eigenvalue weighted by Gasteiger charge is -2.30. The fourth-order valence-corrected chi connectivity index (χ4v) is 4.24. The number of halogens is 2. The van der Waals surface area contributed by atoms with Gasteiger partial charge in [0.05, 0.1) is 16.4 Å². The second-order valence-electron chi connectivity index (χ2n) is 8.63. The predicted molar refractivity (Wildman–Crippen MR) is 139 cm³/mol. The second-order valence-corrected chi connectivity index (χ2v) is 9.03. The Kier molecular flexibility index (Phi) is 6.95. The van der Waals surface area contributed by atoms with E-state index in [0.717, 1.165) is 48.6 Å². The van der Waals surface area contributed by atoms with Crippen LogP contribution in [0.3, 0.4) is 0 Å². The first-order chi connectivity index (χ1) is 15.9. The quantitative estimate of drug-likeness (QED) is 0.377. The van der Waals surface area contributed by atoms with Crippen molar-refractivity contribution in [3.05, 3.63) is 65.6 Å². The van der Waals surface area contributed by atoms with E-state index in [2.05, 4.69) is 25.5 Å². The van der Waals surface area contributed by atoms with Gasteiger partial charge in [0.25, 0.3) is 0 Å². The van der Waals surface area contributed by atoms with Gasteiger partial charge in [0.15, 0.2) is 5.65 Å². The molecule has 0 aliphatic carbocycles. The molecule has 5 rings (SSSR count). The number of hydrogen-bond acceptors (Lipinski definition) is 7. The van der Waals surface area contributed by atoms with E-state index in [4.69, 9.17) is 16.6 Å². The number of pyridine rings is 1. The monoisotopic (exact) mass is 499 g/mol. The molecule has 8 nitrogen and oxygen atoms in total. The summed E-state index contributed by atoms with van der Waals surface area (Å²) in [7, 11) is 0. The van der Waals surface area contributed by atoms with Gasteiger partial charge in [-0.2, -0.15) is 4.98 Å². The standard InChI is InChI=1S/C24H26ClN7O.ClH/c1-24(2,33)20-4-3-5-21(29-20)32-11-8-16-15-27-23(30-22(16)32)28-17-6-7-19(18(25)14-17)31-12-9-26-10-13-31;/h3-8,11,14-15,26,33H,9-10,12-13H2,1-2H3,(H,27,28,30);1H. The number of nitrogens with zero attached hydrogens (tertiary/aromatic N) is 5. The number of aliphatic hydroxyl groups is 1. The van der Waals surface area contributed by atoms with E-state index in [-0.39, 0.29) is 12.4 Å². The Morgan fingerprint density at radius 3 is 2.62 bits per heavy atom. The van der Waals surface area contributed by atoms with E-state index in [1.165, 1.54) is 0 Å². The number of hydrogen-bond donors (Lipinski definition) is 3. The third kappa shape index (κ3) is 4.95. The summed E-state index contributed by atoms with van der Waals surface area (Å²) in [6, 6.07) is 13.4. The number of piperazine rings is 1. The molecule has 1 saturated heterocycles. The molecule has 1 fully saturated rings. The lowest BCUT2D eigenvalue weighted by atomic mass is 10.1. The highest BCUT2D eigenvalue weighted by molar-refractivity contribution is 6.33. The molecule has 0 bridgehead atoms. The first-order valence-corrected chi connectivity index (χ1v) is 11.3. The highest BCUT2D eigenvalue weighted by atomic mass is 35.5. The predicted octanol–water partition coefficient (Wildman–Crippen LogP) is 4.27. The molecule has 3 aromatic heterocycles. The molecule has 0 unspecified atom stereocenters. The zero-order valence-electron chi connectivity index (χ0n) is 19.0. The first-order valence-electron chi connectivity index (χ1n) is 11.0. The maximum Gasteiger partial charge on any atom is 0.229 e. The first kappa shape index (κ1) is 24.2. The Morgan fingerprint density at radius 1 is 1.09 bits per heavy atom. The van der Waals surface area contributed by atoms with Crippen molar-refractivity contribution in [2.24, 2.45) is 0 Å². The number of aromatic nitrogens is 4. The van der Waals surface area contributed by atoms with Crippen molar-refractivity contribution in [3.63, 3.8) is 0 Å². The third-order valence-electron chi connectivity index (χ3n) is 5.70. The van der Waals surface area contributed by atoms with Crippen molar-refractivity contribution in [3.8, 4) is 5.82 Å². The largest absolute Gasteiger partial charge is 0.384 e. The van der Waals surface area contributed by atoms with Crippen LogP contribution in [0.2, 0.25) is 5.02 Å². The number of benzene rings is 1. The highest BCUT2D eigenvalue weighted by Crippen LogP contribution is 2.30. The van der Waals surface area contributed by atoms with Gasteiger partial charge in [-0.3, -0.25) is 4.57 Å². The Morgan fingerprint density at radius 2 is 1.88 bits per heavy atom. The van der Waals surface area contributed by atoms with Crippen LogP contribution in [0.5, 0.6) is 0 Å². The number of nitrogens with one attached hydrogen (secondary N) is 2. The van der Waals surface area contributed by atoms with Gasteiger partial charge in [-0.1, -0.05) is 17.7 Å². The van der Waals surface area contributed by atoms with Gasteiger partial charge in [-0.15, -0.1) is 12.4 Å². The van der Waals surface area contributed by atoms with Gasteiger partial charge >= 0.3 is 0 Å². The molecular weight excluding hydrogens is 473 g/mol. The molecule has 3 N–H and O–H groups in total. The third-order valence-corrected chi connectivity index (χ3v) is 6.00. The maximum absolute atomic E-state index is 10.3. The molecule has 1 aromatic carbocycles. The molecule has 0 radical (unpaired) electrons. The molecular formula is C24H27Cl2N7O. The number of fused-ring (bicyclic) bond motifs is 1. The minimum absolute atomic E-state index is 0.